The second-order valence-electron chi connectivity index (χ2n) is 6.81. The van der Waals surface area contributed by atoms with Crippen molar-refractivity contribution < 1.29 is 18.3 Å². The summed E-state index contributed by atoms with van der Waals surface area (Å²) in [5.41, 5.74) is 3.86. The molecule has 33 heavy (non-hydrogen) atoms. The number of halogens is 5. The van der Waals surface area contributed by atoms with Crippen molar-refractivity contribution in [2.75, 3.05) is 0 Å². The lowest BCUT2D eigenvalue weighted by Gasteiger charge is -2.11. The highest BCUT2D eigenvalue weighted by Gasteiger charge is 2.15. The molecule has 3 aromatic carbocycles. The number of carbonyl (C=O) groups excluding carboxylic acids is 1. The molecular formula is C23H13Br2Cl2FN2O3. The van der Waals surface area contributed by atoms with E-state index in [1.165, 1.54) is 12.3 Å². The van der Waals surface area contributed by atoms with Crippen LogP contribution in [0.25, 0.3) is 11.0 Å². The number of benzene rings is 3. The van der Waals surface area contributed by atoms with E-state index in [-0.39, 0.29) is 34.0 Å². The quantitative estimate of drug-likeness (QED) is 0.178. The second kappa shape index (κ2) is 10.3. The molecule has 0 aliphatic rings. The molecule has 0 bridgehead atoms. The van der Waals surface area contributed by atoms with Crippen LogP contribution in [-0.2, 0) is 6.61 Å². The summed E-state index contributed by atoms with van der Waals surface area (Å²) in [5.74, 6) is -0.572. The van der Waals surface area contributed by atoms with Gasteiger partial charge in [-0.05, 0) is 57.9 Å². The maximum Gasteiger partial charge on any atom is 0.307 e. The number of carbonyl (C=O) groups is 1. The average Bonchev–Trinajstić information content (AvgIpc) is 3.19. The summed E-state index contributed by atoms with van der Waals surface area (Å²) in [6, 6.07) is 14.7. The fourth-order valence-corrected chi connectivity index (χ4v) is 4.92. The molecule has 4 aromatic rings. The van der Waals surface area contributed by atoms with Crippen molar-refractivity contribution in [3.05, 3.63) is 96.3 Å². The fraction of sp³-hybridized carbons (Fsp3) is 0.0435. The zero-order valence-electron chi connectivity index (χ0n) is 16.5. The van der Waals surface area contributed by atoms with Crippen molar-refractivity contribution in [1.29, 1.82) is 0 Å². The van der Waals surface area contributed by atoms with Gasteiger partial charge in [-0.25, -0.2) is 9.82 Å². The number of nitrogens with zero attached hydrogens (tertiary/aromatic N) is 1. The molecule has 0 spiro atoms. The first-order chi connectivity index (χ1) is 15.8. The van der Waals surface area contributed by atoms with Gasteiger partial charge in [0.1, 0.15) is 18.0 Å². The molecule has 0 saturated carbocycles. The van der Waals surface area contributed by atoms with Crippen LogP contribution in [0, 0.1) is 5.82 Å². The Balaban J connectivity index is 1.43. The van der Waals surface area contributed by atoms with Crippen molar-refractivity contribution >= 4 is 78.2 Å². The Bertz CT molecular complexity index is 1370. The van der Waals surface area contributed by atoms with Gasteiger partial charge in [-0.3, -0.25) is 4.79 Å². The Labute approximate surface area is 214 Å². The zero-order chi connectivity index (χ0) is 23.5. The van der Waals surface area contributed by atoms with Crippen molar-refractivity contribution in [2.45, 2.75) is 6.61 Å². The molecule has 4 rings (SSSR count). The number of amides is 1. The van der Waals surface area contributed by atoms with Gasteiger partial charge in [0.05, 0.1) is 20.7 Å². The van der Waals surface area contributed by atoms with E-state index in [1.807, 2.05) is 12.1 Å². The lowest BCUT2D eigenvalue weighted by Crippen LogP contribution is -2.16. The van der Waals surface area contributed by atoms with Crippen LogP contribution in [0.2, 0.25) is 10.0 Å². The molecule has 1 aromatic heterocycles. The predicted molar refractivity (Wildman–Crippen MR) is 134 cm³/mol. The van der Waals surface area contributed by atoms with Crippen LogP contribution in [0.5, 0.6) is 5.75 Å². The molecule has 1 N–H and O–H groups in total. The van der Waals surface area contributed by atoms with Crippen LogP contribution in [0.3, 0.4) is 0 Å². The van der Waals surface area contributed by atoms with Gasteiger partial charge in [0, 0.05) is 15.4 Å². The molecule has 1 heterocycles. The molecule has 10 heteroatoms. The molecule has 0 atom stereocenters. The van der Waals surface area contributed by atoms with E-state index in [4.69, 9.17) is 32.4 Å². The van der Waals surface area contributed by atoms with Gasteiger partial charge in [-0.2, -0.15) is 5.10 Å². The van der Waals surface area contributed by atoms with Crippen molar-refractivity contribution in [1.82, 2.24) is 5.43 Å². The number of nitrogens with one attached hydrogen (secondary N) is 1. The van der Waals surface area contributed by atoms with Crippen LogP contribution in [0.15, 0.2) is 73.1 Å². The number of fused-ring (bicyclic) bond motifs is 1. The molecule has 0 aliphatic heterocycles. The van der Waals surface area contributed by atoms with Gasteiger partial charge in [0.2, 0.25) is 0 Å². The van der Waals surface area contributed by atoms with E-state index in [1.54, 1.807) is 36.4 Å². The Morgan fingerprint density at radius 2 is 1.85 bits per heavy atom. The number of rotatable bonds is 6. The van der Waals surface area contributed by atoms with Crippen LogP contribution in [0.1, 0.15) is 21.7 Å². The van der Waals surface area contributed by atoms with E-state index in [9.17, 15) is 9.18 Å². The van der Waals surface area contributed by atoms with E-state index in [0.717, 1.165) is 14.3 Å². The number of furan rings is 1. The first-order valence-corrected chi connectivity index (χ1v) is 11.7. The molecule has 0 saturated heterocycles. The topological polar surface area (TPSA) is 63.8 Å². The first kappa shape index (κ1) is 23.8. The highest BCUT2D eigenvalue weighted by Crippen LogP contribution is 2.35. The van der Waals surface area contributed by atoms with Crippen LogP contribution in [0.4, 0.5) is 4.39 Å². The van der Waals surface area contributed by atoms with E-state index >= 15 is 0 Å². The molecule has 0 radical (unpaired) electrons. The average molecular weight is 615 g/mol. The van der Waals surface area contributed by atoms with Gasteiger partial charge in [0.25, 0.3) is 0 Å². The van der Waals surface area contributed by atoms with Gasteiger partial charge >= 0.3 is 5.91 Å². The summed E-state index contributed by atoms with van der Waals surface area (Å²) < 4.78 is 26.5. The number of ether oxygens (including phenoxy) is 1. The summed E-state index contributed by atoms with van der Waals surface area (Å²) in [4.78, 5) is 12.4. The van der Waals surface area contributed by atoms with E-state index in [0.29, 0.717) is 16.7 Å². The normalized spacial score (nSPS) is 11.3. The van der Waals surface area contributed by atoms with Gasteiger partial charge in [0.15, 0.2) is 11.5 Å². The summed E-state index contributed by atoms with van der Waals surface area (Å²) in [7, 11) is 0. The third kappa shape index (κ3) is 5.58. The monoisotopic (exact) mass is 612 g/mol. The zero-order valence-corrected chi connectivity index (χ0v) is 21.2. The molecule has 0 aliphatic carbocycles. The Kier molecular flexibility index (Phi) is 7.38. The molecular weight excluding hydrogens is 602 g/mol. The Hall–Kier alpha value is -2.39. The minimum atomic E-state index is -0.521. The van der Waals surface area contributed by atoms with Gasteiger partial charge in [-0.15, -0.1) is 0 Å². The molecule has 0 fully saturated rings. The van der Waals surface area contributed by atoms with E-state index < -0.39 is 5.91 Å². The fourth-order valence-electron chi connectivity index (χ4n) is 2.97. The molecule has 1 amide bonds. The lowest BCUT2D eigenvalue weighted by atomic mass is 10.2. The van der Waals surface area contributed by atoms with Crippen LogP contribution < -0.4 is 10.2 Å². The number of hydrazone groups is 1. The molecule has 168 valence electrons. The summed E-state index contributed by atoms with van der Waals surface area (Å²) in [6.45, 7) is -0.0280. The third-order valence-electron chi connectivity index (χ3n) is 4.49. The number of hydrogen-bond donors (Lipinski definition) is 1. The predicted octanol–water partition coefficient (Wildman–Crippen LogP) is 7.75. The largest absolute Gasteiger partial charge is 0.486 e. The standard InChI is InChI=1S/C23H13Br2Cl2FN2O3/c24-15-7-14-8-20(33-21(14)16(25)9-15)23(31)30-29-10-12-5-17(26)22(18(27)6-12)32-11-13-3-1-2-4-19(13)28/h1-10H,11H2,(H,30,31)/b29-10-. The highest BCUT2D eigenvalue weighted by atomic mass is 79.9. The first-order valence-electron chi connectivity index (χ1n) is 9.39. The highest BCUT2D eigenvalue weighted by molar-refractivity contribution is 9.11. The van der Waals surface area contributed by atoms with Crippen molar-refractivity contribution in [2.24, 2.45) is 5.10 Å². The van der Waals surface area contributed by atoms with Gasteiger partial charge < -0.3 is 9.15 Å². The van der Waals surface area contributed by atoms with Crippen molar-refractivity contribution in [3.8, 4) is 5.75 Å². The van der Waals surface area contributed by atoms with Crippen molar-refractivity contribution in [3.63, 3.8) is 0 Å². The smallest absolute Gasteiger partial charge is 0.307 e. The molecule has 0 unspecified atom stereocenters. The summed E-state index contributed by atoms with van der Waals surface area (Å²) in [5, 5.41) is 5.13. The Morgan fingerprint density at radius 1 is 1.12 bits per heavy atom. The third-order valence-corrected chi connectivity index (χ3v) is 6.10. The Morgan fingerprint density at radius 3 is 2.58 bits per heavy atom. The van der Waals surface area contributed by atoms with Crippen LogP contribution >= 0.6 is 55.1 Å². The van der Waals surface area contributed by atoms with E-state index in [2.05, 4.69) is 42.4 Å². The summed E-state index contributed by atoms with van der Waals surface area (Å²) >= 11 is 19.3. The summed E-state index contributed by atoms with van der Waals surface area (Å²) in [6.07, 6.45) is 1.38. The second-order valence-corrected chi connectivity index (χ2v) is 9.39. The minimum absolute atomic E-state index is 0.0280. The lowest BCUT2D eigenvalue weighted by molar-refractivity contribution is 0.0929. The maximum absolute atomic E-state index is 13.8. The van der Waals surface area contributed by atoms with Crippen LogP contribution in [-0.4, -0.2) is 12.1 Å². The van der Waals surface area contributed by atoms with Gasteiger partial charge in [-0.1, -0.05) is 57.3 Å². The number of hydrogen-bond acceptors (Lipinski definition) is 4. The minimum Gasteiger partial charge on any atom is -0.486 e. The molecule has 5 nitrogen and oxygen atoms in total. The maximum atomic E-state index is 13.8. The SMILES string of the molecule is O=C(N/N=C\c1cc(Cl)c(OCc2ccccc2F)c(Cl)c1)c1cc2cc(Br)cc(Br)c2o1.